The van der Waals surface area contributed by atoms with Gasteiger partial charge in [-0.25, -0.2) is 4.99 Å². The summed E-state index contributed by atoms with van der Waals surface area (Å²) in [4.78, 5) is 17.6. The summed E-state index contributed by atoms with van der Waals surface area (Å²) in [6, 6.07) is 7.83. The van der Waals surface area contributed by atoms with Crippen molar-refractivity contribution in [2.45, 2.75) is 0 Å². The summed E-state index contributed by atoms with van der Waals surface area (Å²) in [5.41, 5.74) is 8.41. The lowest BCUT2D eigenvalue weighted by Crippen LogP contribution is -2.14. The van der Waals surface area contributed by atoms with Gasteiger partial charge in [0.15, 0.2) is 0 Å². The zero-order valence-electron chi connectivity index (χ0n) is 10.4. The predicted octanol–water partition coefficient (Wildman–Crippen LogP) is 1.81. The molecule has 0 radical (unpaired) electrons. The molecule has 0 spiro atoms. The predicted molar refractivity (Wildman–Crippen MR) is 74.3 cm³/mol. The van der Waals surface area contributed by atoms with Gasteiger partial charge >= 0.3 is 0 Å². The molecule has 0 amide bonds. The van der Waals surface area contributed by atoms with Crippen LogP contribution in [0, 0.1) is 0 Å². The molecule has 1 aromatic rings. The highest BCUT2D eigenvalue weighted by molar-refractivity contribution is 6.19. The molecule has 0 bridgehead atoms. The molecule has 2 rings (SSSR count). The number of ketones is 1. The first-order chi connectivity index (χ1) is 8.56. The third kappa shape index (κ3) is 2.66. The lowest BCUT2D eigenvalue weighted by Gasteiger charge is -2.11. The fourth-order valence-corrected chi connectivity index (χ4v) is 1.58. The summed E-state index contributed by atoms with van der Waals surface area (Å²) in [5.74, 6) is -0.170. The highest BCUT2D eigenvalue weighted by Crippen LogP contribution is 2.19. The Kier molecular flexibility index (Phi) is 3.28. The maximum atomic E-state index is 11.2. The van der Waals surface area contributed by atoms with E-state index in [0.29, 0.717) is 5.71 Å². The van der Waals surface area contributed by atoms with Crippen LogP contribution in [0.2, 0.25) is 0 Å². The number of carbonyl (C=O) groups excluding carboxylic acids is 1. The van der Waals surface area contributed by atoms with E-state index >= 15 is 0 Å². The molecule has 0 aliphatic heterocycles. The number of anilines is 1. The molecule has 0 unspecified atom stereocenters. The molecule has 0 heterocycles. The summed E-state index contributed by atoms with van der Waals surface area (Å²) < 4.78 is 0. The Labute approximate surface area is 106 Å². The molecule has 0 fully saturated rings. The van der Waals surface area contributed by atoms with Crippen LogP contribution in [0.5, 0.6) is 0 Å². The van der Waals surface area contributed by atoms with E-state index < -0.39 is 0 Å². The molecule has 18 heavy (non-hydrogen) atoms. The molecule has 0 aromatic heterocycles. The fourth-order valence-electron chi connectivity index (χ4n) is 1.58. The van der Waals surface area contributed by atoms with Crippen LogP contribution in [-0.4, -0.2) is 25.6 Å². The van der Waals surface area contributed by atoms with Crippen molar-refractivity contribution in [2.75, 3.05) is 19.0 Å². The molecule has 1 aromatic carbocycles. The minimum Gasteiger partial charge on any atom is -0.396 e. The summed E-state index contributed by atoms with van der Waals surface area (Å²) >= 11 is 0. The van der Waals surface area contributed by atoms with Gasteiger partial charge in [-0.3, -0.25) is 4.79 Å². The van der Waals surface area contributed by atoms with Crippen molar-refractivity contribution < 1.29 is 4.79 Å². The SMILES string of the molecule is CN(C)c1ccc(N=C2C=CC(=O)C(N)=C2)cc1. The van der Waals surface area contributed by atoms with Gasteiger partial charge in [-0.1, -0.05) is 0 Å². The van der Waals surface area contributed by atoms with Gasteiger partial charge in [0, 0.05) is 19.8 Å². The van der Waals surface area contributed by atoms with Gasteiger partial charge in [-0.05, 0) is 42.5 Å². The Bertz CT molecular complexity index is 551. The van der Waals surface area contributed by atoms with Crippen LogP contribution in [0.15, 0.2) is 53.2 Å². The molecular weight excluding hydrogens is 226 g/mol. The van der Waals surface area contributed by atoms with Crippen molar-refractivity contribution in [3.63, 3.8) is 0 Å². The van der Waals surface area contributed by atoms with E-state index in [1.807, 2.05) is 43.3 Å². The molecule has 4 nitrogen and oxygen atoms in total. The molecule has 4 heteroatoms. The summed E-state index contributed by atoms with van der Waals surface area (Å²) in [6.07, 6.45) is 4.68. The lowest BCUT2D eigenvalue weighted by atomic mass is 10.1. The first-order valence-corrected chi connectivity index (χ1v) is 5.62. The second-order valence-electron chi connectivity index (χ2n) is 4.24. The number of nitrogens with two attached hydrogens (primary N) is 1. The molecule has 1 aliphatic carbocycles. The zero-order valence-corrected chi connectivity index (χ0v) is 10.4. The van der Waals surface area contributed by atoms with Gasteiger partial charge < -0.3 is 10.6 Å². The van der Waals surface area contributed by atoms with Crippen LogP contribution in [0.4, 0.5) is 11.4 Å². The van der Waals surface area contributed by atoms with Crippen molar-refractivity contribution in [1.29, 1.82) is 0 Å². The number of rotatable bonds is 2. The van der Waals surface area contributed by atoms with Crippen molar-refractivity contribution in [2.24, 2.45) is 10.7 Å². The van der Waals surface area contributed by atoms with Gasteiger partial charge in [-0.2, -0.15) is 0 Å². The van der Waals surface area contributed by atoms with E-state index in [4.69, 9.17) is 5.73 Å². The van der Waals surface area contributed by atoms with Crippen LogP contribution >= 0.6 is 0 Å². The number of hydrogen-bond acceptors (Lipinski definition) is 4. The van der Waals surface area contributed by atoms with E-state index in [9.17, 15) is 4.79 Å². The number of carbonyl (C=O) groups is 1. The smallest absolute Gasteiger partial charge is 0.201 e. The molecule has 2 N–H and O–H groups in total. The number of benzene rings is 1. The molecular formula is C14H15N3O. The molecule has 0 atom stereocenters. The molecule has 1 aliphatic rings. The van der Waals surface area contributed by atoms with Gasteiger partial charge in [0.25, 0.3) is 0 Å². The zero-order chi connectivity index (χ0) is 13.1. The van der Waals surface area contributed by atoms with Crippen LogP contribution in [0.1, 0.15) is 0 Å². The Balaban J connectivity index is 2.24. The van der Waals surface area contributed by atoms with Crippen molar-refractivity contribution >= 4 is 22.9 Å². The third-order valence-corrected chi connectivity index (χ3v) is 2.62. The minimum absolute atomic E-state index is 0.170. The molecule has 0 saturated heterocycles. The van der Waals surface area contributed by atoms with Crippen LogP contribution < -0.4 is 10.6 Å². The van der Waals surface area contributed by atoms with Crippen molar-refractivity contribution in [3.8, 4) is 0 Å². The first kappa shape index (κ1) is 12.1. The second kappa shape index (κ2) is 4.87. The van der Waals surface area contributed by atoms with E-state index in [2.05, 4.69) is 4.99 Å². The van der Waals surface area contributed by atoms with Crippen molar-refractivity contribution in [3.05, 3.63) is 48.2 Å². The van der Waals surface area contributed by atoms with E-state index in [-0.39, 0.29) is 11.5 Å². The second-order valence-corrected chi connectivity index (χ2v) is 4.24. The van der Waals surface area contributed by atoms with Gasteiger partial charge in [0.05, 0.1) is 17.1 Å². The summed E-state index contributed by atoms with van der Waals surface area (Å²) in [7, 11) is 3.97. The minimum atomic E-state index is -0.170. The standard InChI is InChI=1S/C14H15N3O/c1-17(2)12-6-3-10(4-7-12)16-11-5-8-14(18)13(15)9-11/h3-9H,15H2,1-2H3. The lowest BCUT2D eigenvalue weighted by molar-refractivity contribution is -0.111. The Morgan fingerprint density at radius 2 is 1.78 bits per heavy atom. The maximum absolute atomic E-state index is 11.2. The fraction of sp³-hybridized carbons (Fsp3) is 0.143. The monoisotopic (exact) mass is 241 g/mol. The normalized spacial score (nSPS) is 16.9. The third-order valence-electron chi connectivity index (χ3n) is 2.62. The highest BCUT2D eigenvalue weighted by Gasteiger charge is 2.07. The van der Waals surface area contributed by atoms with Gasteiger partial charge in [0.1, 0.15) is 0 Å². The molecule has 0 saturated carbocycles. The topological polar surface area (TPSA) is 58.7 Å². The largest absolute Gasteiger partial charge is 0.396 e. The average molecular weight is 241 g/mol. The number of aliphatic imine (C=N–C) groups is 1. The van der Waals surface area contributed by atoms with Gasteiger partial charge in [-0.15, -0.1) is 0 Å². The van der Waals surface area contributed by atoms with E-state index in [1.54, 1.807) is 12.2 Å². The number of allylic oxidation sites excluding steroid dienone is 3. The highest BCUT2D eigenvalue weighted by atomic mass is 16.1. The quantitative estimate of drug-likeness (QED) is 0.803. The average Bonchev–Trinajstić information content (AvgIpc) is 2.34. The van der Waals surface area contributed by atoms with Crippen LogP contribution in [0.25, 0.3) is 0 Å². The first-order valence-electron chi connectivity index (χ1n) is 5.62. The van der Waals surface area contributed by atoms with Gasteiger partial charge in [0.2, 0.25) is 5.78 Å². The number of nitrogens with zero attached hydrogens (tertiary/aromatic N) is 2. The van der Waals surface area contributed by atoms with Crippen molar-refractivity contribution in [1.82, 2.24) is 0 Å². The van der Waals surface area contributed by atoms with E-state index in [0.717, 1.165) is 11.4 Å². The Hall–Kier alpha value is -2.36. The van der Waals surface area contributed by atoms with Crippen LogP contribution in [-0.2, 0) is 4.79 Å². The molecule has 92 valence electrons. The van der Waals surface area contributed by atoms with E-state index in [1.165, 1.54) is 6.08 Å². The Morgan fingerprint density at radius 1 is 1.11 bits per heavy atom. The Morgan fingerprint density at radius 3 is 2.33 bits per heavy atom. The maximum Gasteiger partial charge on any atom is 0.201 e. The summed E-state index contributed by atoms with van der Waals surface area (Å²) in [5, 5.41) is 0. The number of hydrogen-bond donors (Lipinski definition) is 1. The summed E-state index contributed by atoms with van der Waals surface area (Å²) in [6.45, 7) is 0. The van der Waals surface area contributed by atoms with Crippen LogP contribution in [0.3, 0.4) is 0 Å².